The van der Waals surface area contributed by atoms with Crippen molar-refractivity contribution in [3.05, 3.63) is 47.0 Å². The van der Waals surface area contributed by atoms with Crippen molar-refractivity contribution in [1.82, 2.24) is 5.32 Å². The molecule has 19 heavy (non-hydrogen) atoms. The molecule has 1 aliphatic rings. The molecule has 0 saturated heterocycles. The van der Waals surface area contributed by atoms with Crippen molar-refractivity contribution in [1.29, 1.82) is 0 Å². The van der Waals surface area contributed by atoms with Crippen LogP contribution in [0.3, 0.4) is 0 Å². The maximum Gasteiger partial charge on any atom is 0.328 e. The summed E-state index contributed by atoms with van der Waals surface area (Å²) in [5.74, 6) is -0.818. The van der Waals surface area contributed by atoms with Crippen LogP contribution >= 0.6 is 0 Å². The van der Waals surface area contributed by atoms with Gasteiger partial charge in [0, 0.05) is 18.7 Å². The molecule has 0 spiro atoms. The Hall–Kier alpha value is -1.61. The molecule has 1 fully saturated rings. The first-order valence-electron chi connectivity index (χ1n) is 6.85. The number of aliphatic carboxylic acids is 1. The lowest BCUT2D eigenvalue weighted by Crippen LogP contribution is -2.31. The van der Waals surface area contributed by atoms with E-state index < -0.39 is 5.97 Å². The number of rotatable bonds is 4. The molecular formula is C16H21NO2. The lowest BCUT2D eigenvalue weighted by molar-refractivity contribution is -0.131. The van der Waals surface area contributed by atoms with Crippen LogP contribution in [-0.2, 0) is 11.3 Å². The standard InChI is InChI=1S/C16H21NO2/c1-12-2-4-14(5-3-12)11-17-15-8-6-13(7-9-15)10-16(18)19/h2-5,10,15,17H,6-9,11H2,1H3,(H,18,19). The zero-order valence-electron chi connectivity index (χ0n) is 11.4. The van der Waals surface area contributed by atoms with Gasteiger partial charge < -0.3 is 10.4 Å². The van der Waals surface area contributed by atoms with Gasteiger partial charge in [-0.2, -0.15) is 0 Å². The van der Waals surface area contributed by atoms with Crippen molar-refractivity contribution < 1.29 is 9.90 Å². The fourth-order valence-electron chi connectivity index (χ4n) is 2.48. The molecule has 0 atom stereocenters. The molecule has 0 unspecified atom stereocenters. The van der Waals surface area contributed by atoms with E-state index in [1.807, 2.05) is 0 Å². The van der Waals surface area contributed by atoms with Gasteiger partial charge in [0.15, 0.2) is 0 Å². The van der Waals surface area contributed by atoms with Crippen LogP contribution in [-0.4, -0.2) is 17.1 Å². The molecule has 0 aliphatic heterocycles. The van der Waals surface area contributed by atoms with Gasteiger partial charge in [-0.15, -0.1) is 0 Å². The quantitative estimate of drug-likeness (QED) is 0.817. The first-order valence-corrected chi connectivity index (χ1v) is 6.85. The summed E-state index contributed by atoms with van der Waals surface area (Å²) in [6.07, 6.45) is 5.24. The van der Waals surface area contributed by atoms with Gasteiger partial charge in [0.05, 0.1) is 0 Å². The number of nitrogens with one attached hydrogen (secondary N) is 1. The smallest absolute Gasteiger partial charge is 0.328 e. The van der Waals surface area contributed by atoms with Crippen molar-refractivity contribution in [3.8, 4) is 0 Å². The summed E-state index contributed by atoms with van der Waals surface area (Å²) in [5.41, 5.74) is 3.66. The van der Waals surface area contributed by atoms with E-state index in [0.717, 1.165) is 37.8 Å². The molecule has 1 aromatic rings. The topological polar surface area (TPSA) is 49.3 Å². The van der Waals surface area contributed by atoms with Crippen molar-refractivity contribution in [3.63, 3.8) is 0 Å². The van der Waals surface area contributed by atoms with Gasteiger partial charge in [-0.05, 0) is 38.2 Å². The minimum absolute atomic E-state index is 0.507. The van der Waals surface area contributed by atoms with Crippen LogP contribution in [0, 0.1) is 6.92 Å². The highest BCUT2D eigenvalue weighted by Crippen LogP contribution is 2.23. The van der Waals surface area contributed by atoms with Crippen LogP contribution in [0.2, 0.25) is 0 Å². The molecule has 0 heterocycles. The molecule has 102 valence electrons. The molecule has 2 N–H and O–H groups in total. The van der Waals surface area contributed by atoms with Crippen LogP contribution in [0.4, 0.5) is 0 Å². The predicted molar refractivity (Wildman–Crippen MR) is 76.0 cm³/mol. The van der Waals surface area contributed by atoms with Crippen molar-refractivity contribution >= 4 is 5.97 Å². The molecule has 0 bridgehead atoms. The van der Waals surface area contributed by atoms with E-state index in [0.29, 0.717) is 6.04 Å². The van der Waals surface area contributed by atoms with E-state index in [9.17, 15) is 4.79 Å². The molecule has 1 aromatic carbocycles. The summed E-state index contributed by atoms with van der Waals surface area (Å²) in [6.45, 7) is 2.98. The van der Waals surface area contributed by atoms with E-state index in [1.165, 1.54) is 17.2 Å². The molecule has 3 heteroatoms. The number of carbonyl (C=O) groups is 1. The molecular weight excluding hydrogens is 238 g/mol. The Kier molecular flexibility index (Phi) is 4.74. The van der Waals surface area contributed by atoms with Gasteiger partial charge in [-0.3, -0.25) is 0 Å². The van der Waals surface area contributed by atoms with Crippen LogP contribution in [0.15, 0.2) is 35.9 Å². The van der Waals surface area contributed by atoms with Gasteiger partial charge in [0.1, 0.15) is 0 Å². The third kappa shape index (κ3) is 4.52. The van der Waals surface area contributed by atoms with Crippen LogP contribution in [0.5, 0.6) is 0 Å². The van der Waals surface area contributed by atoms with E-state index in [4.69, 9.17) is 5.11 Å². The number of allylic oxidation sites excluding steroid dienone is 1. The number of aryl methyl sites for hydroxylation is 1. The molecule has 3 nitrogen and oxygen atoms in total. The average molecular weight is 259 g/mol. The fourth-order valence-corrected chi connectivity index (χ4v) is 2.48. The maximum atomic E-state index is 10.6. The largest absolute Gasteiger partial charge is 0.478 e. The van der Waals surface area contributed by atoms with E-state index in [-0.39, 0.29) is 0 Å². The molecule has 2 rings (SSSR count). The van der Waals surface area contributed by atoms with Gasteiger partial charge in [0.25, 0.3) is 0 Å². The number of benzene rings is 1. The number of carboxylic acid groups (broad SMARTS) is 1. The Labute approximate surface area is 114 Å². The highest BCUT2D eigenvalue weighted by atomic mass is 16.4. The second-order valence-corrected chi connectivity index (χ2v) is 5.28. The second-order valence-electron chi connectivity index (χ2n) is 5.28. The number of hydrogen-bond acceptors (Lipinski definition) is 2. The normalized spacial score (nSPS) is 19.2. The summed E-state index contributed by atoms with van der Waals surface area (Å²) < 4.78 is 0. The predicted octanol–water partition coefficient (Wildman–Crippen LogP) is 3.04. The van der Waals surface area contributed by atoms with Crippen LogP contribution in [0.1, 0.15) is 36.8 Å². The molecule has 0 aromatic heterocycles. The highest BCUT2D eigenvalue weighted by molar-refractivity contribution is 5.80. The SMILES string of the molecule is Cc1ccc(CNC2CCC(=CC(=O)O)CC2)cc1. The van der Waals surface area contributed by atoms with E-state index in [1.54, 1.807) is 0 Å². The Morgan fingerprint density at radius 1 is 1.32 bits per heavy atom. The first kappa shape index (κ1) is 13.8. The number of carboxylic acids is 1. The lowest BCUT2D eigenvalue weighted by Gasteiger charge is -2.24. The Balaban J connectivity index is 1.77. The van der Waals surface area contributed by atoms with Crippen molar-refractivity contribution in [2.45, 2.75) is 45.2 Å². The number of hydrogen-bond donors (Lipinski definition) is 2. The van der Waals surface area contributed by atoms with Gasteiger partial charge in [0.2, 0.25) is 0 Å². The Morgan fingerprint density at radius 3 is 2.53 bits per heavy atom. The zero-order chi connectivity index (χ0) is 13.7. The van der Waals surface area contributed by atoms with Gasteiger partial charge in [-0.1, -0.05) is 35.4 Å². The summed E-state index contributed by atoms with van der Waals surface area (Å²) in [5, 5.41) is 12.3. The second kappa shape index (κ2) is 6.53. The Morgan fingerprint density at radius 2 is 1.95 bits per heavy atom. The minimum atomic E-state index is -0.818. The summed E-state index contributed by atoms with van der Waals surface area (Å²) in [6, 6.07) is 9.08. The van der Waals surface area contributed by atoms with E-state index in [2.05, 4.69) is 36.5 Å². The highest BCUT2D eigenvalue weighted by Gasteiger charge is 2.16. The first-order chi connectivity index (χ1) is 9.13. The molecule has 0 radical (unpaired) electrons. The summed E-state index contributed by atoms with van der Waals surface area (Å²) in [7, 11) is 0. The van der Waals surface area contributed by atoms with Crippen LogP contribution in [0.25, 0.3) is 0 Å². The van der Waals surface area contributed by atoms with Crippen LogP contribution < -0.4 is 5.32 Å². The Bertz CT molecular complexity index is 452. The maximum absolute atomic E-state index is 10.6. The van der Waals surface area contributed by atoms with Crippen molar-refractivity contribution in [2.75, 3.05) is 0 Å². The van der Waals surface area contributed by atoms with Gasteiger partial charge >= 0.3 is 5.97 Å². The summed E-state index contributed by atoms with van der Waals surface area (Å²) in [4.78, 5) is 10.6. The molecule has 1 saturated carbocycles. The average Bonchev–Trinajstić information content (AvgIpc) is 2.39. The molecule has 0 amide bonds. The summed E-state index contributed by atoms with van der Waals surface area (Å²) >= 11 is 0. The third-order valence-electron chi connectivity index (χ3n) is 3.67. The van der Waals surface area contributed by atoms with Gasteiger partial charge in [-0.25, -0.2) is 4.79 Å². The third-order valence-corrected chi connectivity index (χ3v) is 3.67. The fraction of sp³-hybridized carbons (Fsp3) is 0.438. The van der Waals surface area contributed by atoms with E-state index >= 15 is 0 Å². The van der Waals surface area contributed by atoms with Crippen molar-refractivity contribution in [2.24, 2.45) is 0 Å². The monoisotopic (exact) mass is 259 g/mol. The molecule has 1 aliphatic carbocycles. The zero-order valence-corrected chi connectivity index (χ0v) is 11.4. The lowest BCUT2D eigenvalue weighted by atomic mass is 9.90. The minimum Gasteiger partial charge on any atom is -0.478 e.